The maximum atomic E-state index is 10.9. The zero-order chi connectivity index (χ0) is 12.9. The molecule has 0 aromatic heterocycles. The van der Waals surface area contributed by atoms with Crippen LogP contribution in [-0.4, -0.2) is 27.0 Å². The third-order valence-electron chi connectivity index (χ3n) is 2.41. The number of benzene rings is 1. The summed E-state index contributed by atoms with van der Waals surface area (Å²) in [5.74, 6) is 0.935. The first kappa shape index (κ1) is 14.0. The summed E-state index contributed by atoms with van der Waals surface area (Å²) in [6, 6.07) is 5.81. The van der Waals surface area contributed by atoms with Crippen molar-refractivity contribution in [3.8, 4) is 5.75 Å². The van der Waals surface area contributed by atoms with Gasteiger partial charge in [0, 0.05) is 12.8 Å². The van der Waals surface area contributed by atoms with E-state index < -0.39 is 9.84 Å². The Morgan fingerprint density at radius 2 is 2.06 bits per heavy atom. The number of ether oxygens (including phenoxy) is 1. The Labute approximate surface area is 103 Å². The maximum absolute atomic E-state index is 10.9. The molecule has 0 fully saturated rings. The van der Waals surface area contributed by atoms with Gasteiger partial charge in [-0.3, -0.25) is 0 Å². The van der Waals surface area contributed by atoms with Crippen LogP contribution in [0, 0.1) is 6.92 Å². The normalized spacial score (nSPS) is 11.5. The zero-order valence-electron chi connectivity index (χ0n) is 10.3. The molecule has 1 rings (SSSR count). The topological polar surface area (TPSA) is 69.4 Å². The Hall–Kier alpha value is -1.07. The predicted octanol–water partition coefficient (Wildman–Crippen LogP) is 1.27. The zero-order valence-corrected chi connectivity index (χ0v) is 11.1. The lowest BCUT2D eigenvalue weighted by Crippen LogP contribution is -2.08. The highest BCUT2D eigenvalue weighted by atomic mass is 32.2. The van der Waals surface area contributed by atoms with E-state index in [-0.39, 0.29) is 5.75 Å². The summed E-state index contributed by atoms with van der Waals surface area (Å²) >= 11 is 0. The molecule has 0 unspecified atom stereocenters. The first-order valence-corrected chi connectivity index (χ1v) is 7.58. The minimum atomic E-state index is -2.90. The van der Waals surface area contributed by atoms with Gasteiger partial charge in [-0.1, -0.05) is 12.1 Å². The van der Waals surface area contributed by atoms with E-state index >= 15 is 0 Å². The van der Waals surface area contributed by atoms with Gasteiger partial charge in [-0.15, -0.1) is 0 Å². The highest BCUT2D eigenvalue weighted by Gasteiger charge is 2.04. The molecule has 0 spiro atoms. The van der Waals surface area contributed by atoms with Crippen LogP contribution in [0.25, 0.3) is 0 Å². The fraction of sp³-hybridized carbons (Fsp3) is 0.500. The highest BCUT2D eigenvalue weighted by molar-refractivity contribution is 7.90. The first-order chi connectivity index (χ1) is 7.92. The van der Waals surface area contributed by atoms with E-state index in [0.29, 0.717) is 19.6 Å². The van der Waals surface area contributed by atoms with Crippen molar-refractivity contribution in [2.75, 3.05) is 18.6 Å². The van der Waals surface area contributed by atoms with Gasteiger partial charge in [0.15, 0.2) is 0 Å². The predicted molar refractivity (Wildman–Crippen MR) is 68.9 cm³/mol. The van der Waals surface area contributed by atoms with Gasteiger partial charge < -0.3 is 10.5 Å². The second kappa shape index (κ2) is 6.02. The van der Waals surface area contributed by atoms with Crippen molar-refractivity contribution in [1.29, 1.82) is 0 Å². The summed E-state index contributed by atoms with van der Waals surface area (Å²) in [7, 11) is -2.90. The third kappa shape index (κ3) is 5.19. The molecular formula is C12H19NO3S. The molecule has 0 amide bonds. The Kier molecular flexibility index (Phi) is 4.96. The van der Waals surface area contributed by atoms with E-state index in [1.165, 1.54) is 6.26 Å². The SMILES string of the molecule is Cc1ccc(CN)cc1OCCCS(C)(=O)=O. The van der Waals surface area contributed by atoms with E-state index in [1.54, 1.807) is 0 Å². The summed E-state index contributed by atoms with van der Waals surface area (Å²) in [6.45, 7) is 2.83. The van der Waals surface area contributed by atoms with Crippen molar-refractivity contribution < 1.29 is 13.2 Å². The Balaban J connectivity index is 2.51. The quantitative estimate of drug-likeness (QED) is 0.779. The summed E-state index contributed by atoms with van der Waals surface area (Å²) in [6.07, 6.45) is 1.73. The molecule has 0 aliphatic carbocycles. The molecule has 0 radical (unpaired) electrons. The molecule has 0 aliphatic heterocycles. The fourth-order valence-electron chi connectivity index (χ4n) is 1.43. The van der Waals surface area contributed by atoms with Gasteiger partial charge in [0.25, 0.3) is 0 Å². The van der Waals surface area contributed by atoms with Gasteiger partial charge in [0.2, 0.25) is 0 Å². The minimum Gasteiger partial charge on any atom is -0.493 e. The molecule has 0 saturated heterocycles. The van der Waals surface area contributed by atoms with Crippen LogP contribution in [0.5, 0.6) is 5.75 Å². The van der Waals surface area contributed by atoms with Crippen LogP contribution >= 0.6 is 0 Å². The van der Waals surface area contributed by atoms with Gasteiger partial charge in [-0.25, -0.2) is 8.42 Å². The number of sulfone groups is 1. The van der Waals surface area contributed by atoms with Crippen LogP contribution in [0.3, 0.4) is 0 Å². The van der Waals surface area contributed by atoms with Gasteiger partial charge in [-0.05, 0) is 30.5 Å². The van der Waals surface area contributed by atoms with Crippen LogP contribution in [0.15, 0.2) is 18.2 Å². The van der Waals surface area contributed by atoms with E-state index in [2.05, 4.69) is 0 Å². The summed E-state index contributed by atoms with van der Waals surface area (Å²) < 4.78 is 27.4. The number of aryl methyl sites for hydroxylation is 1. The lowest BCUT2D eigenvalue weighted by atomic mass is 10.1. The van der Waals surface area contributed by atoms with E-state index in [4.69, 9.17) is 10.5 Å². The molecule has 0 heterocycles. The van der Waals surface area contributed by atoms with Crippen molar-refractivity contribution in [2.24, 2.45) is 5.73 Å². The maximum Gasteiger partial charge on any atom is 0.147 e. The fourth-order valence-corrected chi connectivity index (χ4v) is 2.07. The molecule has 2 N–H and O–H groups in total. The monoisotopic (exact) mass is 257 g/mol. The van der Waals surface area contributed by atoms with E-state index in [9.17, 15) is 8.42 Å². The van der Waals surface area contributed by atoms with Crippen molar-refractivity contribution >= 4 is 9.84 Å². The molecular weight excluding hydrogens is 238 g/mol. The Morgan fingerprint density at radius 3 is 2.65 bits per heavy atom. The van der Waals surface area contributed by atoms with Gasteiger partial charge >= 0.3 is 0 Å². The minimum absolute atomic E-state index is 0.155. The standard InChI is InChI=1S/C12H19NO3S/c1-10-4-5-11(9-13)8-12(10)16-6-3-7-17(2,14)15/h4-5,8H,3,6-7,9,13H2,1-2H3. The second-order valence-corrected chi connectivity index (χ2v) is 6.40. The lowest BCUT2D eigenvalue weighted by molar-refractivity contribution is 0.315. The molecule has 0 saturated carbocycles. The third-order valence-corrected chi connectivity index (χ3v) is 3.44. The molecule has 96 valence electrons. The number of hydrogen-bond acceptors (Lipinski definition) is 4. The summed E-state index contributed by atoms with van der Waals surface area (Å²) in [5, 5.41) is 0. The smallest absolute Gasteiger partial charge is 0.147 e. The van der Waals surface area contributed by atoms with E-state index in [1.807, 2.05) is 25.1 Å². The molecule has 0 bridgehead atoms. The van der Waals surface area contributed by atoms with Crippen molar-refractivity contribution in [1.82, 2.24) is 0 Å². The molecule has 1 aromatic carbocycles. The average molecular weight is 257 g/mol. The van der Waals surface area contributed by atoms with Crippen LogP contribution in [0.1, 0.15) is 17.5 Å². The first-order valence-electron chi connectivity index (χ1n) is 5.52. The Morgan fingerprint density at radius 1 is 1.35 bits per heavy atom. The van der Waals surface area contributed by atoms with Gasteiger partial charge in [0.1, 0.15) is 15.6 Å². The average Bonchev–Trinajstić information content (AvgIpc) is 2.25. The van der Waals surface area contributed by atoms with Crippen LogP contribution in [-0.2, 0) is 16.4 Å². The number of rotatable bonds is 6. The molecule has 1 aromatic rings. The Bertz CT molecular complexity index is 469. The molecule has 4 nitrogen and oxygen atoms in total. The van der Waals surface area contributed by atoms with Crippen LogP contribution < -0.4 is 10.5 Å². The molecule has 17 heavy (non-hydrogen) atoms. The highest BCUT2D eigenvalue weighted by Crippen LogP contribution is 2.19. The lowest BCUT2D eigenvalue weighted by Gasteiger charge is -2.10. The van der Waals surface area contributed by atoms with Crippen LogP contribution in [0.4, 0.5) is 0 Å². The van der Waals surface area contributed by atoms with Crippen LogP contribution in [0.2, 0.25) is 0 Å². The van der Waals surface area contributed by atoms with Crippen molar-refractivity contribution in [3.63, 3.8) is 0 Å². The largest absolute Gasteiger partial charge is 0.493 e. The molecule has 0 aliphatic rings. The molecule has 0 atom stereocenters. The van der Waals surface area contributed by atoms with E-state index in [0.717, 1.165) is 16.9 Å². The number of hydrogen-bond donors (Lipinski definition) is 1. The number of nitrogens with two attached hydrogens (primary N) is 1. The van der Waals surface area contributed by atoms with Gasteiger partial charge in [0.05, 0.1) is 12.4 Å². The van der Waals surface area contributed by atoms with Crippen molar-refractivity contribution in [2.45, 2.75) is 19.9 Å². The van der Waals surface area contributed by atoms with Gasteiger partial charge in [-0.2, -0.15) is 0 Å². The summed E-state index contributed by atoms with van der Waals surface area (Å²) in [4.78, 5) is 0. The molecule has 5 heteroatoms. The second-order valence-electron chi connectivity index (χ2n) is 4.14. The summed E-state index contributed by atoms with van der Waals surface area (Å²) in [5.41, 5.74) is 7.58. The van der Waals surface area contributed by atoms with Crippen molar-refractivity contribution in [3.05, 3.63) is 29.3 Å².